The molecule has 3 aromatic rings. The number of hydrogen-bond donors (Lipinski definition) is 1. The van der Waals surface area contributed by atoms with E-state index in [1.807, 2.05) is 41.2 Å². The van der Waals surface area contributed by atoms with Crippen molar-refractivity contribution in [2.75, 3.05) is 5.32 Å². The summed E-state index contributed by atoms with van der Waals surface area (Å²) in [4.78, 5) is 16.8. The molecule has 26 heavy (non-hydrogen) atoms. The van der Waals surface area contributed by atoms with E-state index in [0.29, 0.717) is 5.82 Å². The van der Waals surface area contributed by atoms with Gasteiger partial charge in [-0.15, -0.1) is 0 Å². The van der Waals surface area contributed by atoms with Crippen molar-refractivity contribution in [1.29, 1.82) is 0 Å². The summed E-state index contributed by atoms with van der Waals surface area (Å²) in [7, 11) is 0. The SMILES string of the molecule is O=C(Nc1ccn(CCc2ccncc2)n1)[C@@H]1CCCc2ccccc21. The number of benzene rings is 1. The molecule has 4 rings (SSSR count). The zero-order chi connectivity index (χ0) is 17.8. The van der Waals surface area contributed by atoms with Gasteiger partial charge < -0.3 is 5.32 Å². The molecule has 1 N–H and O–H groups in total. The number of aromatic nitrogens is 3. The highest BCUT2D eigenvalue weighted by atomic mass is 16.2. The van der Waals surface area contributed by atoms with E-state index in [9.17, 15) is 4.79 Å². The third-order valence-electron chi connectivity index (χ3n) is 4.96. The highest BCUT2D eigenvalue weighted by Gasteiger charge is 2.26. The van der Waals surface area contributed by atoms with E-state index in [4.69, 9.17) is 0 Å². The lowest BCUT2D eigenvalue weighted by molar-refractivity contribution is -0.117. The molecule has 5 heteroatoms. The molecule has 0 saturated heterocycles. The van der Waals surface area contributed by atoms with Crippen LogP contribution in [-0.4, -0.2) is 20.7 Å². The molecule has 5 nitrogen and oxygen atoms in total. The number of rotatable bonds is 5. The number of carbonyl (C=O) groups excluding carboxylic acids is 1. The van der Waals surface area contributed by atoms with Crippen LogP contribution < -0.4 is 5.32 Å². The Morgan fingerprint density at radius 2 is 2.00 bits per heavy atom. The van der Waals surface area contributed by atoms with Crippen LogP contribution in [0.1, 0.15) is 35.4 Å². The first-order valence-electron chi connectivity index (χ1n) is 9.10. The van der Waals surface area contributed by atoms with Crippen LogP contribution in [0.15, 0.2) is 61.1 Å². The smallest absolute Gasteiger partial charge is 0.233 e. The molecule has 1 aliphatic rings. The van der Waals surface area contributed by atoms with E-state index in [0.717, 1.165) is 37.8 Å². The van der Waals surface area contributed by atoms with Crippen LogP contribution in [0.4, 0.5) is 5.82 Å². The van der Waals surface area contributed by atoms with Crippen molar-refractivity contribution < 1.29 is 4.79 Å². The van der Waals surface area contributed by atoms with Gasteiger partial charge in [-0.2, -0.15) is 5.10 Å². The minimum atomic E-state index is -0.0816. The Bertz CT molecular complexity index is 888. The highest BCUT2D eigenvalue weighted by Crippen LogP contribution is 2.32. The number of aryl methyl sites for hydroxylation is 3. The molecule has 132 valence electrons. The van der Waals surface area contributed by atoms with Crippen LogP contribution in [-0.2, 0) is 24.2 Å². The van der Waals surface area contributed by atoms with E-state index in [-0.39, 0.29) is 11.8 Å². The summed E-state index contributed by atoms with van der Waals surface area (Å²) in [5.41, 5.74) is 3.68. The Labute approximate surface area is 153 Å². The molecule has 0 aliphatic heterocycles. The number of nitrogens with one attached hydrogen (secondary N) is 1. The Hall–Kier alpha value is -2.95. The predicted molar refractivity (Wildman–Crippen MR) is 101 cm³/mol. The fraction of sp³-hybridized carbons (Fsp3) is 0.286. The molecule has 2 aromatic heterocycles. The number of pyridine rings is 1. The third kappa shape index (κ3) is 3.67. The summed E-state index contributed by atoms with van der Waals surface area (Å²) < 4.78 is 1.87. The second-order valence-corrected chi connectivity index (χ2v) is 6.70. The normalized spacial score (nSPS) is 16.1. The van der Waals surface area contributed by atoms with Gasteiger partial charge in [0.15, 0.2) is 5.82 Å². The molecular formula is C21H22N4O. The summed E-state index contributed by atoms with van der Waals surface area (Å²) in [5.74, 6) is 0.575. The van der Waals surface area contributed by atoms with Gasteiger partial charge in [-0.25, -0.2) is 0 Å². The van der Waals surface area contributed by atoms with Crippen molar-refractivity contribution in [3.63, 3.8) is 0 Å². The van der Waals surface area contributed by atoms with Crippen molar-refractivity contribution in [2.24, 2.45) is 0 Å². The summed E-state index contributed by atoms with van der Waals surface area (Å²) in [6.45, 7) is 0.770. The second kappa shape index (κ2) is 7.52. The van der Waals surface area contributed by atoms with Gasteiger partial charge in [-0.1, -0.05) is 24.3 Å². The zero-order valence-electron chi connectivity index (χ0n) is 14.6. The van der Waals surface area contributed by atoms with Gasteiger partial charge in [0.05, 0.1) is 5.92 Å². The van der Waals surface area contributed by atoms with E-state index >= 15 is 0 Å². The van der Waals surface area contributed by atoms with Crippen LogP contribution in [0.3, 0.4) is 0 Å². The van der Waals surface area contributed by atoms with Crippen LogP contribution in [0, 0.1) is 0 Å². The average molecular weight is 346 g/mol. The molecule has 0 unspecified atom stereocenters. The Morgan fingerprint density at radius 3 is 2.88 bits per heavy atom. The number of hydrogen-bond acceptors (Lipinski definition) is 3. The van der Waals surface area contributed by atoms with E-state index < -0.39 is 0 Å². The summed E-state index contributed by atoms with van der Waals surface area (Å²) in [6.07, 6.45) is 9.39. The summed E-state index contributed by atoms with van der Waals surface area (Å²) in [6, 6.07) is 14.1. The first kappa shape index (κ1) is 16.5. The number of carbonyl (C=O) groups is 1. The van der Waals surface area contributed by atoms with Crippen LogP contribution in [0.2, 0.25) is 0 Å². The highest BCUT2D eigenvalue weighted by molar-refractivity contribution is 5.95. The minimum absolute atomic E-state index is 0.0385. The van der Waals surface area contributed by atoms with Gasteiger partial charge in [0, 0.05) is 31.2 Å². The average Bonchev–Trinajstić information content (AvgIpc) is 3.14. The van der Waals surface area contributed by atoms with Gasteiger partial charge in [0.1, 0.15) is 0 Å². The second-order valence-electron chi connectivity index (χ2n) is 6.70. The van der Waals surface area contributed by atoms with Gasteiger partial charge in [0.2, 0.25) is 5.91 Å². The molecule has 1 aliphatic carbocycles. The molecule has 1 atom stereocenters. The molecule has 0 fully saturated rings. The molecular weight excluding hydrogens is 324 g/mol. The van der Waals surface area contributed by atoms with Gasteiger partial charge in [-0.05, 0) is 54.5 Å². The lowest BCUT2D eigenvalue weighted by Gasteiger charge is -2.24. The summed E-state index contributed by atoms with van der Waals surface area (Å²) >= 11 is 0. The molecule has 1 aromatic carbocycles. The quantitative estimate of drug-likeness (QED) is 0.768. The Kier molecular flexibility index (Phi) is 4.78. The van der Waals surface area contributed by atoms with Gasteiger partial charge >= 0.3 is 0 Å². The first-order valence-corrected chi connectivity index (χ1v) is 9.10. The lowest BCUT2D eigenvalue weighted by Crippen LogP contribution is -2.25. The number of nitrogens with zero attached hydrogens (tertiary/aromatic N) is 3. The number of anilines is 1. The maximum atomic E-state index is 12.8. The van der Waals surface area contributed by atoms with Crippen LogP contribution >= 0.6 is 0 Å². The first-order chi connectivity index (χ1) is 12.8. The molecule has 1 amide bonds. The molecule has 0 spiro atoms. The molecule has 0 saturated carbocycles. The summed E-state index contributed by atoms with van der Waals surface area (Å²) in [5, 5.41) is 7.48. The van der Waals surface area contributed by atoms with Gasteiger partial charge in [0.25, 0.3) is 0 Å². The monoisotopic (exact) mass is 346 g/mol. The Morgan fingerprint density at radius 1 is 1.15 bits per heavy atom. The minimum Gasteiger partial charge on any atom is -0.309 e. The van der Waals surface area contributed by atoms with Crippen LogP contribution in [0.5, 0.6) is 0 Å². The Balaban J connectivity index is 1.39. The topological polar surface area (TPSA) is 59.8 Å². The van der Waals surface area contributed by atoms with E-state index in [2.05, 4.69) is 27.5 Å². The molecule has 0 radical (unpaired) electrons. The maximum Gasteiger partial charge on any atom is 0.233 e. The van der Waals surface area contributed by atoms with Gasteiger partial charge in [-0.3, -0.25) is 14.5 Å². The fourth-order valence-electron chi connectivity index (χ4n) is 3.59. The number of fused-ring (bicyclic) bond motifs is 1. The molecule has 0 bridgehead atoms. The van der Waals surface area contributed by atoms with Crippen molar-refractivity contribution in [3.8, 4) is 0 Å². The number of amides is 1. The fourth-order valence-corrected chi connectivity index (χ4v) is 3.59. The van der Waals surface area contributed by atoms with Crippen molar-refractivity contribution in [2.45, 2.75) is 38.1 Å². The molecule has 2 heterocycles. The van der Waals surface area contributed by atoms with Crippen molar-refractivity contribution >= 4 is 11.7 Å². The third-order valence-corrected chi connectivity index (χ3v) is 4.96. The van der Waals surface area contributed by atoms with E-state index in [1.54, 1.807) is 12.4 Å². The standard InChI is InChI=1S/C21H22N4O/c26-21(19-7-3-5-17-4-1-2-6-18(17)19)23-20-11-15-25(24-20)14-10-16-8-12-22-13-9-16/h1-2,4,6,8-9,11-13,15,19H,3,5,7,10,14H2,(H,23,24,26)/t19-/m1/s1. The van der Waals surface area contributed by atoms with E-state index in [1.165, 1.54) is 11.1 Å². The zero-order valence-corrected chi connectivity index (χ0v) is 14.6. The van der Waals surface area contributed by atoms with Crippen LogP contribution in [0.25, 0.3) is 0 Å². The van der Waals surface area contributed by atoms with Crippen molar-refractivity contribution in [1.82, 2.24) is 14.8 Å². The predicted octanol–water partition coefficient (Wildman–Crippen LogP) is 3.58. The maximum absolute atomic E-state index is 12.8. The van der Waals surface area contributed by atoms with Crippen molar-refractivity contribution in [3.05, 3.63) is 77.7 Å². The lowest BCUT2D eigenvalue weighted by atomic mass is 9.82. The largest absolute Gasteiger partial charge is 0.309 e.